The van der Waals surface area contributed by atoms with Crippen molar-refractivity contribution in [2.45, 2.75) is 6.92 Å². The smallest absolute Gasteiger partial charge is 0.264 e. The maximum Gasteiger partial charge on any atom is 0.264 e. The lowest BCUT2D eigenvalue weighted by molar-refractivity contribution is -0.115. The van der Waals surface area contributed by atoms with Crippen LogP contribution in [0.25, 0.3) is 6.08 Å². The molecule has 3 nitrogen and oxygen atoms in total. The van der Waals surface area contributed by atoms with Crippen LogP contribution in [0.4, 0.5) is 5.69 Å². The third-order valence-corrected chi connectivity index (χ3v) is 4.44. The molecule has 1 aromatic carbocycles. The number of aliphatic imine (C=N–C) groups is 1. The van der Waals surface area contributed by atoms with Crippen LogP contribution in [0, 0.1) is 6.92 Å². The van der Waals surface area contributed by atoms with Gasteiger partial charge in [-0.2, -0.15) is 11.3 Å². The highest BCUT2D eigenvalue weighted by Gasteiger charge is 2.23. The molecule has 20 heavy (non-hydrogen) atoms. The summed E-state index contributed by atoms with van der Waals surface area (Å²) in [5.74, 6) is -0.0893. The minimum absolute atomic E-state index is 0.0893. The summed E-state index contributed by atoms with van der Waals surface area (Å²) in [5, 5.41) is 7.44. The van der Waals surface area contributed by atoms with E-state index in [1.165, 1.54) is 11.8 Å². The molecule has 1 aliphatic rings. The van der Waals surface area contributed by atoms with Gasteiger partial charge in [0.2, 0.25) is 0 Å². The summed E-state index contributed by atoms with van der Waals surface area (Å²) in [6.07, 6.45) is 1.89. The molecule has 0 aliphatic carbocycles. The van der Waals surface area contributed by atoms with Crippen molar-refractivity contribution in [3.8, 4) is 0 Å². The second-order valence-corrected chi connectivity index (χ2v) is 6.14. The molecule has 0 atom stereocenters. The number of rotatable bonds is 2. The van der Waals surface area contributed by atoms with Gasteiger partial charge in [-0.15, -0.1) is 0 Å². The molecule has 5 heteroatoms. The minimum Gasteiger partial charge on any atom is -0.300 e. The molecule has 0 saturated carbocycles. The zero-order valence-corrected chi connectivity index (χ0v) is 12.4. The van der Waals surface area contributed by atoms with Gasteiger partial charge >= 0.3 is 0 Å². The summed E-state index contributed by atoms with van der Waals surface area (Å²) >= 11 is 2.99. The summed E-state index contributed by atoms with van der Waals surface area (Å²) in [6, 6.07) is 9.85. The largest absolute Gasteiger partial charge is 0.300 e. The Labute approximate surface area is 125 Å². The summed E-state index contributed by atoms with van der Waals surface area (Å²) in [5.41, 5.74) is 3.02. The predicted molar refractivity (Wildman–Crippen MR) is 86.3 cm³/mol. The topological polar surface area (TPSA) is 41.5 Å². The molecule has 0 unspecified atom stereocenters. The van der Waals surface area contributed by atoms with Gasteiger partial charge in [-0.3, -0.25) is 4.79 Å². The van der Waals surface area contributed by atoms with Gasteiger partial charge in [0.05, 0.1) is 10.6 Å². The van der Waals surface area contributed by atoms with Crippen molar-refractivity contribution in [1.29, 1.82) is 0 Å². The molecule has 1 N–H and O–H groups in total. The van der Waals surface area contributed by atoms with E-state index < -0.39 is 0 Å². The molecule has 0 radical (unpaired) electrons. The normalized spacial score (nSPS) is 18.8. The van der Waals surface area contributed by atoms with Crippen LogP contribution in [0.5, 0.6) is 0 Å². The summed E-state index contributed by atoms with van der Waals surface area (Å²) < 4.78 is 0. The lowest BCUT2D eigenvalue weighted by Gasteiger charge is -1.99. The van der Waals surface area contributed by atoms with Crippen molar-refractivity contribution in [2.24, 2.45) is 4.99 Å². The molecule has 1 fully saturated rings. The van der Waals surface area contributed by atoms with Crippen LogP contribution in [0.1, 0.15) is 11.1 Å². The highest BCUT2D eigenvalue weighted by Crippen LogP contribution is 2.29. The number of carbonyl (C=O) groups is 1. The number of carbonyl (C=O) groups excluding carboxylic acids is 1. The number of nitrogens with zero attached hydrogens (tertiary/aromatic N) is 1. The van der Waals surface area contributed by atoms with E-state index >= 15 is 0 Å². The van der Waals surface area contributed by atoms with E-state index in [9.17, 15) is 4.79 Å². The van der Waals surface area contributed by atoms with Gasteiger partial charge in [0.15, 0.2) is 5.17 Å². The van der Waals surface area contributed by atoms with Crippen molar-refractivity contribution in [2.75, 3.05) is 0 Å². The second kappa shape index (κ2) is 5.64. The first-order chi connectivity index (χ1) is 9.72. The van der Waals surface area contributed by atoms with Gasteiger partial charge in [-0.1, -0.05) is 18.2 Å². The number of para-hydroxylation sites is 1. The monoisotopic (exact) mass is 300 g/mol. The first kappa shape index (κ1) is 13.1. The van der Waals surface area contributed by atoms with Crippen molar-refractivity contribution >= 4 is 45.9 Å². The van der Waals surface area contributed by atoms with E-state index in [1.54, 1.807) is 11.3 Å². The van der Waals surface area contributed by atoms with Crippen molar-refractivity contribution in [3.63, 3.8) is 0 Å². The van der Waals surface area contributed by atoms with Gasteiger partial charge in [-0.25, -0.2) is 4.99 Å². The van der Waals surface area contributed by atoms with E-state index in [0.717, 1.165) is 16.8 Å². The third-order valence-electron chi connectivity index (χ3n) is 2.83. The molecule has 0 bridgehead atoms. The van der Waals surface area contributed by atoms with Gasteiger partial charge in [0, 0.05) is 0 Å². The lowest BCUT2D eigenvalue weighted by atomic mass is 10.2. The second-order valence-electron chi connectivity index (χ2n) is 4.32. The van der Waals surface area contributed by atoms with Crippen molar-refractivity contribution in [1.82, 2.24) is 5.32 Å². The SMILES string of the molecule is Cc1ccccc1N=C1NC(=O)C(=Cc2ccsc2)S1. The van der Waals surface area contributed by atoms with E-state index in [2.05, 4.69) is 10.3 Å². The lowest BCUT2D eigenvalue weighted by Crippen LogP contribution is -2.19. The number of thiophene rings is 1. The minimum atomic E-state index is -0.0893. The quantitative estimate of drug-likeness (QED) is 0.853. The van der Waals surface area contributed by atoms with E-state index in [4.69, 9.17) is 0 Å². The fourth-order valence-corrected chi connectivity index (χ4v) is 3.24. The zero-order valence-electron chi connectivity index (χ0n) is 10.8. The number of hydrogen-bond acceptors (Lipinski definition) is 4. The highest BCUT2D eigenvalue weighted by atomic mass is 32.2. The standard InChI is InChI=1S/C15H12N2OS2/c1-10-4-2-3-5-12(10)16-15-17-14(18)13(20-15)8-11-6-7-19-9-11/h2-9H,1H3,(H,16,17,18). The third kappa shape index (κ3) is 2.84. The van der Waals surface area contributed by atoms with Crippen LogP contribution in [0.3, 0.4) is 0 Å². The Morgan fingerprint density at radius 3 is 2.85 bits per heavy atom. The van der Waals surface area contributed by atoms with Crippen LogP contribution in [-0.4, -0.2) is 11.1 Å². The molecule has 1 aromatic heterocycles. The molecule has 3 rings (SSSR count). The van der Waals surface area contributed by atoms with Crippen molar-refractivity contribution in [3.05, 3.63) is 57.1 Å². The molecule has 1 aliphatic heterocycles. The van der Waals surface area contributed by atoms with Gasteiger partial charge in [-0.05, 0) is 58.8 Å². The van der Waals surface area contributed by atoms with Gasteiger partial charge in [0.1, 0.15) is 0 Å². The zero-order chi connectivity index (χ0) is 13.9. The Bertz CT molecular complexity index is 702. The Hall–Kier alpha value is -1.85. The average molecular weight is 300 g/mol. The maximum atomic E-state index is 11.9. The molecule has 2 aromatic rings. The molecule has 1 saturated heterocycles. The van der Waals surface area contributed by atoms with Gasteiger partial charge < -0.3 is 5.32 Å². The highest BCUT2D eigenvalue weighted by molar-refractivity contribution is 8.18. The van der Waals surface area contributed by atoms with E-state index in [0.29, 0.717) is 10.1 Å². The molecule has 100 valence electrons. The number of nitrogens with one attached hydrogen (secondary N) is 1. The number of amidine groups is 1. The Morgan fingerprint density at radius 1 is 1.25 bits per heavy atom. The summed E-state index contributed by atoms with van der Waals surface area (Å²) in [4.78, 5) is 17.1. The van der Waals surface area contributed by atoms with E-state index in [1.807, 2.05) is 54.1 Å². The first-order valence-corrected chi connectivity index (χ1v) is 7.86. The maximum absolute atomic E-state index is 11.9. The number of amides is 1. The average Bonchev–Trinajstić information content (AvgIpc) is 3.04. The molecule has 1 amide bonds. The molecular weight excluding hydrogens is 288 g/mol. The number of thioether (sulfide) groups is 1. The van der Waals surface area contributed by atoms with Crippen LogP contribution in [0.15, 0.2) is 51.0 Å². The molecule has 0 spiro atoms. The number of aryl methyl sites for hydroxylation is 1. The first-order valence-electron chi connectivity index (χ1n) is 6.10. The Morgan fingerprint density at radius 2 is 2.10 bits per heavy atom. The van der Waals surface area contributed by atoms with Crippen LogP contribution < -0.4 is 5.32 Å². The van der Waals surface area contributed by atoms with Crippen LogP contribution in [0.2, 0.25) is 0 Å². The predicted octanol–water partition coefficient (Wildman–Crippen LogP) is 3.95. The summed E-state index contributed by atoms with van der Waals surface area (Å²) in [6.45, 7) is 2.00. The van der Waals surface area contributed by atoms with Crippen LogP contribution >= 0.6 is 23.1 Å². The molecule has 2 heterocycles. The van der Waals surface area contributed by atoms with Crippen LogP contribution in [-0.2, 0) is 4.79 Å². The summed E-state index contributed by atoms with van der Waals surface area (Å²) in [7, 11) is 0. The molecular formula is C15H12N2OS2. The van der Waals surface area contributed by atoms with Gasteiger partial charge in [0.25, 0.3) is 5.91 Å². The Kier molecular flexibility index (Phi) is 3.71. The number of hydrogen-bond donors (Lipinski definition) is 1. The fourth-order valence-electron chi connectivity index (χ4n) is 1.79. The number of benzene rings is 1. The fraction of sp³-hybridized carbons (Fsp3) is 0.0667. The van der Waals surface area contributed by atoms with E-state index in [-0.39, 0.29) is 5.91 Å². The Balaban J connectivity index is 1.85. The van der Waals surface area contributed by atoms with Crippen molar-refractivity contribution < 1.29 is 4.79 Å².